The van der Waals surface area contributed by atoms with Crippen LogP contribution in [0.1, 0.15) is 65.7 Å². The average Bonchev–Trinajstić information content (AvgIpc) is 2.72. The maximum absolute atomic E-state index is 11.9. The quantitative estimate of drug-likeness (QED) is 0.644. The molecule has 0 spiro atoms. The van der Waals surface area contributed by atoms with Crippen molar-refractivity contribution in [2.45, 2.75) is 71.8 Å². The fourth-order valence-corrected chi connectivity index (χ4v) is 3.07. The molecule has 0 radical (unpaired) electrons. The number of carbonyl (C=O) groups is 2. The summed E-state index contributed by atoms with van der Waals surface area (Å²) in [7, 11) is 0. The summed E-state index contributed by atoms with van der Waals surface area (Å²) in [5.41, 5.74) is 0.185. The number of aliphatic carboxylic acids is 1. The van der Waals surface area contributed by atoms with E-state index >= 15 is 0 Å². The number of carbonyl (C=O) groups excluding carboxylic acids is 1. The molecule has 1 aliphatic rings. The topological polar surface area (TPSA) is 78.4 Å². The Hall–Kier alpha value is -1.26. The molecule has 0 aliphatic heterocycles. The highest BCUT2D eigenvalue weighted by atomic mass is 16.4. The van der Waals surface area contributed by atoms with E-state index in [9.17, 15) is 9.59 Å². The third-order valence-corrected chi connectivity index (χ3v) is 4.74. The van der Waals surface area contributed by atoms with E-state index < -0.39 is 5.97 Å². The summed E-state index contributed by atoms with van der Waals surface area (Å²) in [6.45, 7) is 7.07. The van der Waals surface area contributed by atoms with E-state index in [0.29, 0.717) is 18.9 Å². The molecule has 21 heavy (non-hydrogen) atoms. The van der Waals surface area contributed by atoms with Crippen LogP contribution in [0.25, 0.3) is 0 Å². The maximum atomic E-state index is 11.9. The van der Waals surface area contributed by atoms with Crippen LogP contribution in [0.3, 0.4) is 0 Å². The van der Waals surface area contributed by atoms with Gasteiger partial charge >= 0.3 is 12.0 Å². The Kier molecular flexibility index (Phi) is 6.99. The molecule has 3 N–H and O–H groups in total. The molecule has 1 rings (SSSR count). The minimum Gasteiger partial charge on any atom is -0.481 e. The van der Waals surface area contributed by atoms with Crippen molar-refractivity contribution < 1.29 is 14.7 Å². The Bertz CT molecular complexity index is 355. The van der Waals surface area contributed by atoms with Gasteiger partial charge in [0.2, 0.25) is 0 Å². The van der Waals surface area contributed by atoms with Gasteiger partial charge in [0.1, 0.15) is 0 Å². The largest absolute Gasteiger partial charge is 0.481 e. The third-order valence-electron chi connectivity index (χ3n) is 4.74. The zero-order valence-corrected chi connectivity index (χ0v) is 13.6. The monoisotopic (exact) mass is 298 g/mol. The van der Waals surface area contributed by atoms with Crippen molar-refractivity contribution in [3.8, 4) is 0 Å². The minimum absolute atomic E-state index is 0.0944. The Balaban J connectivity index is 2.21. The highest BCUT2D eigenvalue weighted by molar-refractivity contribution is 5.74. The molecular weight excluding hydrogens is 268 g/mol. The van der Waals surface area contributed by atoms with Gasteiger partial charge in [0, 0.05) is 19.0 Å². The first-order valence-corrected chi connectivity index (χ1v) is 8.11. The molecule has 0 bridgehead atoms. The van der Waals surface area contributed by atoms with Crippen LogP contribution in [0.15, 0.2) is 0 Å². The van der Waals surface area contributed by atoms with Crippen molar-refractivity contribution in [2.24, 2.45) is 11.3 Å². The first kappa shape index (κ1) is 17.8. The SMILES string of the molecule is CCC(CCNC(=O)NC1CCCC1(C)C)CCC(=O)O. The zero-order chi connectivity index (χ0) is 15.9. The molecule has 0 aromatic carbocycles. The number of hydrogen-bond donors (Lipinski definition) is 3. The van der Waals surface area contributed by atoms with Gasteiger partial charge in [-0.2, -0.15) is 0 Å². The van der Waals surface area contributed by atoms with Crippen molar-refractivity contribution in [3.05, 3.63) is 0 Å². The smallest absolute Gasteiger partial charge is 0.315 e. The Labute approximate surface area is 127 Å². The minimum atomic E-state index is -0.748. The van der Waals surface area contributed by atoms with E-state index in [1.54, 1.807) is 0 Å². The van der Waals surface area contributed by atoms with Crippen molar-refractivity contribution in [1.29, 1.82) is 0 Å². The predicted molar refractivity (Wildman–Crippen MR) is 83.2 cm³/mol. The molecular formula is C16H30N2O3. The summed E-state index contributed by atoms with van der Waals surface area (Å²) in [5.74, 6) is -0.382. The van der Waals surface area contributed by atoms with Crippen LogP contribution < -0.4 is 10.6 Å². The maximum Gasteiger partial charge on any atom is 0.315 e. The number of urea groups is 1. The molecule has 0 heterocycles. The van der Waals surface area contributed by atoms with Gasteiger partial charge in [-0.1, -0.05) is 33.6 Å². The van der Waals surface area contributed by atoms with Crippen LogP contribution in [0, 0.1) is 11.3 Å². The molecule has 0 aromatic heterocycles. The lowest BCUT2D eigenvalue weighted by Crippen LogP contribution is -2.46. The summed E-state index contributed by atoms with van der Waals surface area (Å²) in [6.07, 6.45) is 6.07. The number of rotatable bonds is 8. The van der Waals surface area contributed by atoms with Crippen LogP contribution in [0.5, 0.6) is 0 Å². The lowest BCUT2D eigenvalue weighted by Gasteiger charge is -2.28. The average molecular weight is 298 g/mol. The van der Waals surface area contributed by atoms with Gasteiger partial charge in [-0.25, -0.2) is 4.79 Å². The first-order valence-electron chi connectivity index (χ1n) is 8.11. The molecule has 2 unspecified atom stereocenters. The molecule has 1 saturated carbocycles. The standard InChI is InChI=1S/C16H30N2O3/c1-4-12(7-8-14(19)20)9-11-17-15(21)18-13-6-5-10-16(13,2)3/h12-13H,4-11H2,1-3H3,(H,19,20)(H2,17,18,21). The summed E-state index contributed by atoms with van der Waals surface area (Å²) >= 11 is 0. The molecule has 0 saturated heterocycles. The van der Waals surface area contributed by atoms with Crippen molar-refractivity contribution in [2.75, 3.05) is 6.54 Å². The molecule has 2 atom stereocenters. The fourth-order valence-electron chi connectivity index (χ4n) is 3.07. The van der Waals surface area contributed by atoms with Crippen molar-refractivity contribution >= 4 is 12.0 Å². The summed E-state index contributed by atoms with van der Waals surface area (Å²) < 4.78 is 0. The van der Waals surface area contributed by atoms with E-state index in [1.807, 2.05) is 0 Å². The summed E-state index contributed by atoms with van der Waals surface area (Å²) in [6, 6.07) is 0.162. The Morgan fingerprint density at radius 1 is 1.33 bits per heavy atom. The van der Waals surface area contributed by atoms with Crippen LogP contribution >= 0.6 is 0 Å². The van der Waals surface area contributed by atoms with Gasteiger partial charge < -0.3 is 15.7 Å². The summed E-state index contributed by atoms with van der Waals surface area (Å²) in [5, 5.41) is 14.7. The number of amides is 2. The van der Waals surface area contributed by atoms with E-state index in [4.69, 9.17) is 5.11 Å². The first-order chi connectivity index (χ1) is 9.85. The van der Waals surface area contributed by atoms with Crippen molar-refractivity contribution in [3.63, 3.8) is 0 Å². The third kappa shape index (κ3) is 6.36. The number of carboxylic acid groups (broad SMARTS) is 1. The lowest BCUT2D eigenvalue weighted by atomic mass is 9.87. The van der Waals surface area contributed by atoms with Crippen LogP contribution in [-0.4, -0.2) is 29.7 Å². The van der Waals surface area contributed by atoms with Gasteiger partial charge in [-0.15, -0.1) is 0 Å². The van der Waals surface area contributed by atoms with Crippen molar-refractivity contribution in [1.82, 2.24) is 10.6 Å². The van der Waals surface area contributed by atoms with Gasteiger partial charge in [0.25, 0.3) is 0 Å². The zero-order valence-electron chi connectivity index (χ0n) is 13.6. The van der Waals surface area contributed by atoms with E-state index in [0.717, 1.165) is 25.7 Å². The van der Waals surface area contributed by atoms with Crippen LogP contribution in [0.2, 0.25) is 0 Å². The van der Waals surface area contributed by atoms with E-state index in [-0.39, 0.29) is 23.9 Å². The van der Waals surface area contributed by atoms with E-state index in [1.165, 1.54) is 6.42 Å². The molecule has 0 aromatic rings. The molecule has 1 fully saturated rings. The van der Waals surface area contributed by atoms with E-state index in [2.05, 4.69) is 31.4 Å². The normalized spacial score (nSPS) is 21.8. The Morgan fingerprint density at radius 3 is 2.57 bits per heavy atom. The van der Waals surface area contributed by atoms with Gasteiger partial charge in [0.15, 0.2) is 0 Å². The second-order valence-corrected chi connectivity index (χ2v) is 6.83. The Morgan fingerprint density at radius 2 is 2.05 bits per heavy atom. The number of hydrogen-bond acceptors (Lipinski definition) is 2. The molecule has 122 valence electrons. The molecule has 1 aliphatic carbocycles. The second-order valence-electron chi connectivity index (χ2n) is 6.83. The highest BCUT2D eigenvalue weighted by Crippen LogP contribution is 2.37. The van der Waals surface area contributed by atoms with Crippen LogP contribution in [0.4, 0.5) is 4.79 Å². The lowest BCUT2D eigenvalue weighted by molar-refractivity contribution is -0.137. The number of carboxylic acids is 1. The van der Waals surface area contributed by atoms with Gasteiger partial charge in [-0.05, 0) is 37.0 Å². The molecule has 5 nitrogen and oxygen atoms in total. The van der Waals surface area contributed by atoms with Gasteiger partial charge in [0.05, 0.1) is 0 Å². The predicted octanol–water partition coefficient (Wildman–Crippen LogP) is 3.15. The molecule has 5 heteroatoms. The second kappa shape index (κ2) is 8.25. The summed E-state index contributed by atoms with van der Waals surface area (Å²) in [4.78, 5) is 22.5. The van der Waals surface area contributed by atoms with Crippen LogP contribution in [-0.2, 0) is 4.79 Å². The fraction of sp³-hybridized carbons (Fsp3) is 0.875. The van der Waals surface area contributed by atoms with Gasteiger partial charge in [-0.3, -0.25) is 4.79 Å². The number of nitrogens with one attached hydrogen (secondary N) is 2. The highest BCUT2D eigenvalue weighted by Gasteiger charge is 2.35. The molecule has 2 amide bonds.